The van der Waals surface area contributed by atoms with Crippen LogP contribution in [0.4, 0.5) is 0 Å². The molecule has 0 aromatic rings. The van der Waals surface area contributed by atoms with Crippen molar-refractivity contribution >= 4 is 6.21 Å². The van der Waals surface area contributed by atoms with Gasteiger partial charge < -0.3 is 10.3 Å². The van der Waals surface area contributed by atoms with Gasteiger partial charge in [0, 0.05) is 25.2 Å². The molecule has 1 aliphatic rings. The van der Waals surface area contributed by atoms with Crippen molar-refractivity contribution in [2.75, 3.05) is 14.1 Å². The lowest BCUT2D eigenvalue weighted by molar-refractivity contribution is 0.343. The molecule has 0 aliphatic heterocycles. The van der Waals surface area contributed by atoms with Crippen LogP contribution in [0.1, 0.15) is 25.7 Å². The number of aliphatic imine (C=N–C) groups is 1. The molecule has 0 saturated heterocycles. The van der Waals surface area contributed by atoms with Gasteiger partial charge in [-0.25, -0.2) is 0 Å². The summed E-state index contributed by atoms with van der Waals surface area (Å²) in [5.74, 6) is 0.679. The molecule has 2 nitrogen and oxygen atoms in total. The molecule has 1 N–H and O–H groups in total. The second-order valence-electron chi connectivity index (χ2n) is 3.25. The Bertz CT molecular complexity index is 132. The van der Waals surface area contributed by atoms with E-state index >= 15 is 0 Å². The SMILES string of the molecule is CN=C[C@@H]1CCCC[C@H]1NC. The molecule has 1 fully saturated rings. The van der Waals surface area contributed by atoms with Crippen LogP contribution in [0.15, 0.2) is 4.99 Å². The maximum atomic E-state index is 4.09. The molecule has 2 heteroatoms. The molecular weight excluding hydrogens is 136 g/mol. The fourth-order valence-electron chi connectivity index (χ4n) is 1.89. The first-order valence-electron chi connectivity index (χ1n) is 4.48. The van der Waals surface area contributed by atoms with Crippen LogP contribution in [0.2, 0.25) is 0 Å². The van der Waals surface area contributed by atoms with E-state index in [1.807, 2.05) is 14.1 Å². The van der Waals surface area contributed by atoms with Crippen molar-refractivity contribution in [3.05, 3.63) is 0 Å². The van der Waals surface area contributed by atoms with Crippen LogP contribution in [0.3, 0.4) is 0 Å². The lowest BCUT2D eigenvalue weighted by Gasteiger charge is -2.28. The van der Waals surface area contributed by atoms with E-state index in [4.69, 9.17) is 0 Å². The Hall–Kier alpha value is -0.370. The average molecular weight is 154 g/mol. The predicted octanol–water partition coefficient (Wildman–Crippen LogP) is 1.47. The van der Waals surface area contributed by atoms with Gasteiger partial charge in [0.15, 0.2) is 0 Å². The summed E-state index contributed by atoms with van der Waals surface area (Å²) in [5.41, 5.74) is 0. The van der Waals surface area contributed by atoms with Crippen molar-refractivity contribution in [2.45, 2.75) is 31.7 Å². The van der Waals surface area contributed by atoms with Gasteiger partial charge in [-0.1, -0.05) is 12.8 Å². The molecule has 0 spiro atoms. The van der Waals surface area contributed by atoms with Crippen molar-refractivity contribution < 1.29 is 0 Å². The Morgan fingerprint density at radius 1 is 1.36 bits per heavy atom. The van der Waals surface area contributed by atoms with Crippen LogP contribution in [-0.2, 0) is 0 Å². The molecule has 0 aromatic heterocycles. The molecule has 0 aromatic carbocycles. The number of hydrogen-bond donors (Lipinski definition) is 1. The third kappa shape index (κ3) is 2.29. The highest BCUT2D eigenvalue weighted by atomic mass is 14.9. The van der Waals surface area contributed by atoms with Crippen molar-refractivity contribution in [2.24, 2.45) is 10.9 Å². The van der Waals surface area contributed by atoms with Gasteiger partial charge in [0.2, 0.25) is 0 Å². The monoisotopic (exact) mass is 154 g/mol. The number of nitrogens with zero attached hydrogens (tertiary/aromatic N) is 1. The Labute approximate surface area is 69.1 Å². The third-order valence-corrected chi connectivity index (χ3v) is 2.53. The Morgan fingerprint density at radius 2 is 2.09 bits per heavy atom. The van der Waals surface area contributed by atoms with Gasteiger partial charge in [-0.05, 0) is 19.9 Å². The quantitative estimate of drug-likeness (QED) is 0.598. The van der Waals surface area contributed by atoms with Gasteiger partial charge in [0.1, 0.15) is 0 Å². The number of nitrogens with one attached hydrogen (secondary N) is 1. The Balaban J connectivity index is 2.44. The second-order valence-corrected chi connectivity index (χ2v) is 3.25. The van der Waals surface area contributed by atoms with E-state index < -0.39 is 0 Å². The summed E-state index contributed by atoms with van der Waals surface area (Å²) in [7, 11) is 3.91. The maximum absolute atomic E-state index is 4.09. The van der Waals surface area contributed by atoms with Crippen molar-refractivity contribution in [3.8, 4) is 0 Å². The highest BCUT2D eigenvalue weighted by Gasteiger charge is 2.21. The minimum Gasteiger partial charge on any atom is -0.316 e. The molecule has 0 amide bonds. The smallest absolute Gasteiger partial charge is 0.0273 e. The van der Waals surface area contributed by atoms with Crippen LogP contribution in [-0.4, -0.2) is 26.4 Å². The molecule has 0 radical (unpaired) electrons. The van der Waals surface area contributed by atoms with Gasteiger partial charge >= 0.3 is 0 Å². The fraction of sp³-hybridized carbons (Fsp3) is 0.889. The molecule has 0 heterocycles. The summed E-state index contributed by atoms with van der Waals surface area (Å²) >= 11 is 0. The normalized spacial score (nSPS) is 32.9. The maximum Gasteiger partial charge on any atom is 0.0273 e. The predicted molar refractivity (Wildman–Crippen MR) is 49.2 cm³/mol. The zero-order valence-corrected chi connectivity index (χ0v) is 7.51. The topological polar surface area (TPSA) is 24.4 Å². The van der Waals surface area contributed by atoms with Crippen LogP contribution in [0.5, 0.6) is 0 Å². The lowest BCUT2D eigenvalue weighted by Crippen LogP contribution is -2.36. The third-order valence-electron chi connectivity index (χ3n) is 2.53. The molecule has 1 aliphatic carbocycles. The number of rotatable bonds is 2. The zero-order valence-electron chi connectivity index (χ0n) is 7.51. The van der Waals surface area contributed by atoms with Crippen LogP contribution < -0.4 is 5.32 Å². The Kier molecular flexibility index (Phi) is 3.57. The highest BCUT2D eigenvalue weighted by Crippen LogP contribution is 2.22. The molecule has 1 rings (SSSR count). The first-order chi connectivity index (χ1) is 5.38. The average Bonchev–Trinajstić information content (AvgIpc) is 2.06. The minimum atomic E-state index is 0.674. The van der Waals surface area contributed by atoms with Gasteiger partial charge in [-0.15, -0.1) is 0 Å². The molecule has 2 atom stereocenters. The highest BCUT2D eigenvalue weighted by molar-refractivity contribution is 5.61. The molecule has 0 unspecified atom stereocenters. The van der Waals surface area contributed by atoms with E-state index in [1.54, 1.807) is 0 Å². The molecule has 1 saturated carbocycles. The van der Waals surface area contributed by atoms with Crippen molar-refractivity contribution in [1.82, 2.24) is 5.32 Å². The van der Waals surface area contributed by atoms with Crippen molar-refractivity contribution in [1.29, 1.82) is 0 Å². The largest absolute Gasteiger partial charge is 0.316 e. The van der Waals surface area contributed by atoms with Gasteiger partial charge in [0.05, 0.1) is 0 Å². The molecular formula is C9H18N2. The van der Waals surface area contributed by atoms with E-state index in [1.165, 1.54) is 25.7 Å². The summed E-state index contributed by atoms with van der Waals surface area (Å²) in [4.78, 5) is 4.09. The lowest BCUT2D eigenvalue weighted by atomic mass is 9.85. The first kappa shape index (κ1) is 8.72. The van der Waals surface area contributed by atoms with Gasteiger partial charge in [-0.2, -0.15) is 0 Å². The number of hydrogen-bond acceptors (Lipinski definition) is 2. The summed E-state index contributed by atoms with van der Waals surface area (Å²) in [6, 6.07) is 0.674. The summed E-state index contributed by atoms with van der Waals surface area (Å²) in [6.07, 6.45) is 7.46. The molecule has 11 heavy (non-hydrogen) atoms. The zero-order chi connectivity index (χ0) is 8.10. The molecule has 0 bridgehead atoms. The van der Waals surface area contributed by atoms with Crippen LogP contribution in [0.25, 0.3) is 0 Å². The van der Waals surface area contributed by atoms with E-state index in [0.29, 0.717) is 12.0 Å². The summed E-state index contributed by atoms with van der Waals surface area (Å²) in [5, 5.41) is 3.35. The second kappa shape index (κ2) is 4.50. The summed E-state index contributed by atoms with van der Waals surface area (Å²) < 4.78 is 0. The standard InChI is InChI=1S/C9H18N2/c1-10-7-8-5-3-4-6-9(8)11-2/h7-9,11H,3-6H2,1-2H3/t8-,9+/m0/s1. The van der Waals surface area contributed by atoms with E-state index in [9.17, 15) is 0 Å². The van der Waals surface area contributed by atoms with Gasteiger partial charge in [-0.3, -0.25) is 0 Å². The van der Waals surface area contributed by atoms with Gasteiger partial charge in [0.25, 0.3) is 0 Å². The van der Waals surface area contributed by atoms with E-state index in [0.717, 1.165) is 0 Å². The fourth-order valence-corrected chi connectivity index (χ4v) is 1.89. The van der Waals surface area contributed by atoms with E-state index in [-0.39, 0.29) is 0 Å². The van der Waals surface area contributed by atoms with Crippen molar-refractivity contribution in [3.63, 3.8) is 0 Å². The van der Waals surface area contributed by atoms with E-state index in [2.05, 4.69) is 16.5 Å². The molecule has 64 valence electrons. The summed E-state index contributed by atoms with van der Waals surface area (Å²) in [6.45, 7) is 0. The van der Waals surface area contributed by atoms with Crippen LogP contribution in [0, 0.1) is 5.92 Å². The Morgan fingerprint density at radius 3 is 2.73 bits per heavy atom. The minimum absolute atomic E-state index is 0.674. The first-order valence-corrected chi connectivity index (χ1v) is 4.48. The van der Waals surface area contributed by atoms with Crippen LogP contribution >= 0.6 is 0 Å².